The molecule has 1 unspecified atom stereocenters. The average molecular weight is 480 g/mol. The molecule has 0 aliphatic rings. The molecule has 2 aromatic heterocycles. The topological polar surface area (TPSA) is 109 Å². The van der Waals surface area contributed by atoms with Gasteiger partial charge >= 0.3 is 5.69 Å². The van der Waals surface area contributed by atoms with Gasteiger partial charge in [0.05, 0.1) is 20.3 Å². The van der Waals surface area contributed by atoms with E-state index in [9.17, 15) is 14.4 Å². The Morgan fingerprint density at radius 1 is 1.20 bits per heavy atom. The summed E-state index contributed by atoms with van der Waals surface area (Å²) in [4.78, 5) is 41.6. The summed E-state index contributed by atoms with van der Waals surface area (Å²) in [5, 5.41) is 2.90. The Balaban J connectivity index is 1.92. The molecule has 3 rings (SSSR count). The summed E-state index contributed by atoms with van der Waals surface area (Å²) in [6, 6.07) is 4.95. The van der Waals surface area contributed by atoms with Gasteiger partial charge in [0.2, 0.25) is 5.91 Å². The third-order valence-electron chi connectivity index (χ3n) is 4.88. The summed E-state index contributed by atoms with van der Waals surface area (Å²) in [6.07, 6.45) is 0. The van der Waals surface area contributed by atoms with Gasteiger partial charge in [0.25, 0.3) is 5.56 Å². The number of ether oxygens (including phenoxy) is 2. The second kappa shape index (κ2) is 8.34. The van der Waals surface area contributed by atoms with Crippen molar-refractivity contribution >= 4 is 33.0 Å². The van der Waals surface area contributed by atoms with Crippen LogP contribution in [-0.4, -0.2) is 38.8 Å². The molecule has 0 spiro atoms. The van der Waals surface area contributed by atoms with Crippen molar-refractivity contribution in [3.05, 3.63) is 49.3 Å². The molecule has 160 valence electrons. The normalized spacial score (nSPS) is 12.1. The van der Waals surface area contributed by atoms with Crippen LogP contribution in [0.1, 0.15) is 18.5 Å². The highest BCUT2D eigenvalue weighted by Crippen LogP contribution is 2.29. The molecule has 0 radical (unpaired) electrons. The lowest BCUT2D eigenvalue weighted by Crippen LogP contribution is -2.38. The first-order chi connectivity index (χ1) is 14.2. The number of halogens is 1. The van der Waals surface area contributed by atoms with Crippen molar-refractivity contribution in [2.24, 2.45) is 14.1 Å². The molecule has 10 nitrogen and oxygen atoms in total. The number of nitrogens with zero attached hydrogens (tertiary/aromatic N) is 4. The standard InChI is InChI=1S/C19H22BrN5O5/c1-10(12-8-11(29-4)6-7-13(12)30-5)21-14(26)9-25-16-15(22-18(25)20)17(27)24(3)19(28)23(16)2/h6-8,10H,9H2,1-5H3,(H,21,26). The molecule has 1 atom stereocenters. The van der Waals surface area contributed by atoms with Crippen molar-refractivity contribution in [1.82, 2.24) is 24.0 Å². The number of benzene rings is 1. The van der Waals surface area contributed by atoms with Crippen molar-refractivity contribution in [1.29, 1.82) is 0 Å². The zero-order valence-corrected chi connectivity index (χ0v) is 18.8. The third-order valence-corrected chi connectivity index (χ3v) is 5.48. The van der Waals surface area contributed by atoms with Crippen LogP contribution in [0.25, 0.3) is 11.2 Å². The van der Waals surface area contributed by atoms with Gasteiger partial charge in [-0.05, 0) is 41.1 Å². The van der Waals surface area contributed by atoms with Crippen LogP contribution in [0.3, 0.4) is 0 Å². The Bertz CT molecular complexity index is 1240. The number of fused-ring (bicyclic) bond motifs is 1. The smallest absolute Gasteiger partial charge is 0.332 e. The Kier molecular flexibility index (Phi) is 6.01. The first-order valence-electron chi connectivity index (χ1n) is 9.02. The molecule has 0 aliphatic carbocycles. The van der Waals surface area contributed by atoms with Crippen LogP contribution in [0.4, 0.5) is 0 Å². The van der Waals surface area contributed by atoms with Crippen LogP contribution < -0.4 is 26.0 Å². The van der Waals surface area contributed by atoms with Gasteiger partial charge in [-0.15, -0.1) is 0 Å². The fourth-order valence-electron chi connectivity index (χ4n) is 3.29. The number of nitrogens with one attached hydrogen (secondary N) is 1. The lowest BCUT2D eigenvalue weighted by atomic mass is 10.1. The Morgan fingerprint density at radius 2 is 1.90 bits per heavy atom. The maximum absolute atomic E-state index is 12.8. The molecule has 0 saturated heterocycles. The molecule has 30 heavy (non-hydrogen) atoms. The number of carbonyl (C=O) groups excluding carboxylic acids is 1. The maximum Gasteiger partial charge on any atom is 0.332 e. The molecule has 0 aliphatic heterocycles. The monoisotopic (exact) mass is 479 g/mol. The Labute approximate surface area is 180 Å². The van der Waals surface area contributed by atoms with Gasteiger partial charge in [-0.2, -0.15) is 0 Å². The van der Waals surface area contributed by atoms with Gasteiger partial charge in [0.1, 0.15) is 18.0 Å². The molecule has 0 fully saturated rings. The lowest BCUT2D eigenvalue weighted by Gasteiger charge is -2.19. The second-order valence-corrected chi connectivity index (χ2v) is 7.45. The summed E-state index contributed by atoms with van der Waals surface area (Å²) in [5.41, 5.74) is 0.0815. The fraction of sp³-hybridized carbons (Fsp3) is 0.368. The minimum Gasteiger partial charge on any atom is -0.497 e. The largest absolute Gasteiger partial charge is 0.497 e. The highest BCUT2D eigenvalue weighted by Gasteiger charge is 2.21. The van der Waals surface area contributed by atoms with Crippen LogP contribution in [-0.2, 0) is 25.4 Å². The van der Waals surface area contributed by atoms with Gasteiger partial charge in [0.15, 0.2) is 15.9 Å². The fourth-order valence-corrected chi connectivity index (χ4v) is 3.76. The van der Waals surface area contributed by atoms with Gasteiger partial charge < -0.3 is 14.8 Å². The van der Waals surface area contributed by atoms with E-state index in [2.05, 4.69) is 26.2 Å². The molecular formula is C19H22BrN5O5. The Morgan fingerprint density at radius 3 is 2.53 bits per heavy atom. The van der Waals surface area contributed by atoms with Crippen LogP contribution >= 0.6 is 15.9 Å². The third kappa shape index (κ3) is 3.72. The molecule has 0 saturated carbocycles. The SMILES string of the molecule is COc1ccc(OC)c(C(C)NC(=O)Cn2c(Br)nc3c(=O)n(C)c(=O)n(C)c32)c1. The number of amides is 1. The number of hydrogen-bond acceptors (Lipinski definition) is 6. The van der Waals surface area contributed by atoms with Gasteiger partial charge in [0, 0.05) is 19.7 Å². The second-order valence-electron chi connectivity index (χ2n) is 6.74. The van der Waals surface area contributed by atoms with Gasteiger partial charge in [-0.1, -0.05) is 0 Å². The van der Waals surface area contributed by atoms with E-state index >= 15 is 0 Å². The summed E-state index contributed by atoms with van der Waals surface area (Å²) in [6.45, 7) is 1.68. The quantitative estimate of drug-likeness (QED) is 0.530. The van der Waals surface area contributed by atoms with E-state index in [0.29, 0.717) is 11.5 Å². The van der Waals surface area contributed by atoms with E-state index in [1.165, 1.54) is 23.2 Å². The molecule has 0 bridgehead atoms. The molecule has 1 N–H and O–H groups in total. The summed E-state index contributed by atoms with van der Waals surface area (Å²) in [7, 11) is 6.02. The Hall–Kier alpha value is -3.08. The molecule has 3 aromatic rings. The van der Waals surface area contributed by atoms with Gasteiger partial charge in [-0.3, -0.25) is 23.3 Å². The zero-order valence-electron chi connectivity index (χ0n) is 17.2. The van der Waals surface area contributed by atoms with Crippen LogP contribution in [0.15, 0.2) is 32.5 Å². The van der Waals surface area contributed by atoms with Crippen LogP contribution in [0, 0.1) is 0 Å². The summed E-state index contributed by atoms with van der Waals surface area (Å²) >= 11 is 3.28. The first kappa shape index (κ1) is 21.6. The van der Waals surface area contributed by atoms with Crippen molar-refractivity contribution in [2.45, 2.75) is 19.5 Å². The molecule has 2 heterocycles. The number of rotatable bonds is 6. The number of methoxy groups -OCH3 is 2. The minimum atomic E-state index is -0.526. The van der Waals surface area contributed by atoms with Crippen molar-refractivity contribution < 1.29 is 14.3 Å². The van der Waals surface area contributed by atoms with E-state index in [1.807, 2.05) is 6.92 Å². The number of aromatic nitrogens is 4. The van der Waals surface area contributed by atoms with Crippen LogP contribution in [0.2, 0.25) is 0 Å². The number of imidazole rings is 1. The van der Waals surface area contributed by atoms with E-state index < -0.39 is 11.2 Å². The average Bonchev–Trinajstić information content (AvgIpc) is 3.06. The number of hydrogen-bond donors (Lipinski definition) is 1. The van der Waals surface area contributed by atoms with Crippen LogP contribution in [0.5, 0.6) is 11.5 Å². The maximum atomic E-state index is 12.8. The summed E-state index contributed by atoms with van der Waals surface area (Å²) < 4.78 is 14.6. The number of carbonyl (C=O) groups is 1. The van der Waals surface area contributed by atoms with E-state index in [1.54, 1.807) is 32.4 Å². The van der Waals surface area contributed by atoms with Crippen molar-refractivity contribution in [3.8, 4) is 11.5 Å². The molecular weight excluding hydrogens is 458 g/mol. The molecule has 1 amide bonds. The van der Waals surface area contributed by atoms with Gasteiger partial charge in [-0.25, -0.2) is 9.78 Å². The van der Waals surface area contributed by atoms with E-state index in [4.69, 9.17) is 9.47 Å². The van der Waals surface area contributed by atoms with E-state index in [-0.39, 0.29) is 34.4 Å². The summed E-state index contributed by atoms with van der Waals surface area (Å²) in [5.74, 6) is 0.922. The van der Waals surface area contributed by atoms with Crippen molar-refractivity contribution in [3.63, 3.8) is 0 Å². The van der Waals surface area contributed by atoms with E-state index in [0.717, 1.165) is 10.1 Å². The predicted octanol–water partition coefficient (Wildman–Crippen LogP) is 1.09. The highest BCUT2D eigenvalue weighted by atomic mass is 79.9. The number of aryl methyl sites for hydroxylation is 1. The minimum absolute atomic E-state index is 0.0989. The zero-order chi connectivity index (χ0) is 22.2. The predicted molar refractivity (Wildman–Crippen MR) is 114 cm³/mol. The first-order valence-corrected chi connectivity index (χ1v) is 9.81. The molecule has 1 aromatic carbocycles. The van der Waals surface area contributed by atoms with Crippen molar-refractivity contribution in [2.75, 3.05) is 14.2 Å². The lowest BCUT2D eigenvalue weighted by molar-refractivity contribution is -0.122. The highest BCUT2D eigenvalue weighted by molar-refractivity contribution is 9.10. The molecule has 11 heteroatoms.